The molecule has 7 heteroatoms. The summed E-state index contributed by atoms with van der Waals surface area (Å²) in [4.78, 5) is 28.6. The number of hydrogen-bond acceptors (Lipinski definition) is 4. The predicted molar refractivity (Wildman–Crippen MR) is 88.7 cm³/mol. The van der Waals surface area contributed by atoms with Gasteiger partial charge >= 0.3 is 12.0 Å². The SMILES string of the molecule is CCOC(=O)c1cc(NC(=O)NCCN2CCCC[C@H]2C)c[nH]1. The van der Waals surface area contributed by atoms with Gasteiger partial charge in [0.1, 0.15) is 5.69 Å². The molecule has 128 valence electrons. The number of urea groups is 1. The largest absolute Gasteiger partial charge is 0.461 e. The van der Waals surface area contributed by atoms with Crippen molar-refractivity contribution in [3.63, 3.8) is 0 Å². The Labute approximate surface area is 136 Å². The average molecular weight is 322 g/mol. The van der Waals surface area contributed by atoms with E-state index in [4.69, 9.17) is 4.74 Å². The minimum absolute atomic E-state index is 0.274. The maximum atomic E-state index is 11.9. The predicted octanol–water partition coefficient (Wildman–Crippen LogP) is 2.19. The van der Waals surface area contributed by atoms with Crippen molar-refractivity contribution in [2.45, 2.75) is 39.2 Å². The van der Waals surface area contributed by atoms with Gasteiger partial charge in [0, 0.05) is 25.3 Å². The Morgan fingerprint density at radius 3 is 3.00 bits per heavy atom. The molecule has 0 saturated carbocycles. The Kier molecular flexibility index (Phi) is 6.46. The first-order valence-corrected chi connectivity index (χ1v) is 8.24. The van der Waals surface area contributed by atoms with Crippen LogP contribution < -0.4 is 10.6 Å². The highest BCUT2D eigenvalue weighted by molar-refractivity contribution is 5.93. The molecule has 1 atom stereocenters. The van der Waals surface area contributed by atoms with E-state index in [1.165, 1.54) is 19.3 Å². The van der Waals surface area contributed by atoms with Crippen LogP contribution in [0.1, 0.15) is 43.6 Å². The molecule has 1 aromatic heterocycles. The third-order valence-electron chi connectivity index (χ3n) is 4.06. The average Bonchev–Trinajstić information content (AvgIpc) is 2.98. The lowest BCUT2D eigenvalue weighted by molar-refractivity contribution is 0.0520. The number of nitrogens with zero attached hydrogens (tertiary/aromatic N) is 1. The van der Waals surface area contributed by atoms with E-state index in [-0.39, 0.29) is 6.03 Å². The molecule has 3 N–H and O–H groups in total. The minimum atomic E-state index is -0.431. The minimum Gasteiger partial charge on any atom is -0.461 e. The zero-order valence-electron chi connectivity index (χ0n) is 13.9. The molecular weight excluding hydrogens is 296 g/mol. The van der Waals surface area contributed by atoms with E-state index in [1.807, 2.05) is 0 Å². The molecular formula is C16H26N4O3. The van der Waals surface area contributed by atoms with Crippen molar-refractivity contribution in [1.82, 2.24) is 15.2 Å². The Morgan fingerprint density at radius 1 is 1.43 bits per heavy atom. The van der Waals surface area contributed by atoms with Gasteiger partial charge < -0.3 is 20.4 Å². The molecule has 0 aromatic carbocycles. The van der Waals surface area contributed by atoms with E-state index in [2.05, 4.69) is 27.4 Å². The van der Waals surface area contributed by atoms with Crippen molar-refractivity contribution in [3.05, 3.63) is 18.0 Å². The third kappa shape index (κ3) is 5.28. The second kappa shape index (κ2) is 8.57. The lowest BCUT2D eigenvalue weighted by Crippen LogP contribution is -2.43. The summed E-state index contributed by atoms with van der Waals surface area (Å²) >= 11 is 0. The number of likely N-dealkylation sites (tertiary alicyclic amines) is 1. The number of H-pyrrole nitrogens is 1. The number of amides is 2. The van der Waals surface area contributed by atoms with E-state index >= 15 is 0 Å². The van der Waals surface area contributed by atoms with Crippen LogP contribution in [0.4, 0.5) is 10.5 Å². The first-order valence-electron chi connectivity index (χ1n) is 8.24. The fraction of sp³-hybridized carbons (Fsp3) is 0.625. The molecule has 1 saturated heterocycles. The molecule has 1 aromatic rings. The summed E-state index contributed by atoms with van der Waals surface area (Å²) < 4.78 is 4.88. The third-order valence-corrected chi connectivity index (χ3v) is 4.06. The summed E-state index contributed by atoms with van der Waals surface area (Å²) in [7, 11) is 0. The number of ether oxygens (including phenoxy) is 1. The standard InChI is InChI=1S/C16H26N4O3/c1-3-23-15(21)14-10-13(11-18-14)19-16(22)17-7-9-20-8-5-4-6-12(20)2/h10-12,18H,3-9H2,1-2H3,(H2,17,19,22)/t12-/m1/s1. The van der Waals surface area contributed by atoms with Crippen LogP contribution in [0.3, 0.4) is 0 Å². The van der Waals surface area contributed by atoms with Gasteiger partial charge in [0.2, 0.25) is 0 Å². The summed E-state index contributed by atoms with van der Waals surface area (Å²) in [5.74, 6) is -0.431. The Hall–Kier alpha value is -2.02. The first kappa shape index (κ1) is 17.3. The van der Waals surface area contributed by atoms with Gasteiger partial charge in [0.25, 0.3) is 0 Å². The van der Waals surface area contributed by atoms with Crippen molar-refractivity contribution < 1.29 is 14.3 Å². The Bertz CT molecular complexity index is 529. The lowest BCUT2D eigenvalue weighted by atomic mass is 10.0. The number of piperidine rings is 1. The van der Waals surface area contributed by atoms with Crippen molar-refractivity contribution in [3.8, 4) is 0 Å². The van der Waals surface area contributed by atoms with Crippen LogP contribution >= 0.6 is 0 Å². The number of aromatic amines is 1. The summed E-state index contributed by atoms with van der Waals surface area (Å²) in [6.07, 6.45) is 5.32. The van der Waals surface area contributed by atoms with Crippen LogP contribution in [0.2, 0.25) is 0 Å². The van der Waals surface area contributed by atoms with Crippen LogP contribution in [0.15, 0.2) is 12.3 Å². The van der Waals surface area contributed by atoms with Crippen molar-refractivity contribution in [2.75, 3.05) is 31.6 Å². The van der Waals surface area contributed by atoms with Crippen LogP contribution in [-0.4, -0.2) is 54.2 Å². The fourth-order valence-corrected chi connectivity index (χ4v) is 2.77. The van der Waals surface area contributed by atoms with Crippen molar-refractivity contribution in [2.24, 2.45) is 0 Å². The molecule has 2 rings (SSSR count). The summed E-state index contributed by atoms with van der Waals surface area (Å²) in [6.45, 7) is 6.86. The molecule has 0 bridgehead atoms. The fourth-order valence-electron chi connectivity index (χ4n) is 2.77. The zero-order chi connectivity index (χ0) is 16.7. The first-order chi connectivity index (χ1) is 11.1. The van der Waals surface area contributed by atoms with Gasteiger partial charge in [0.15, 0.2) is 0 Å². The van der Waals surface area contributed by atoms with E-state index in [9.17, 15) is 9.59 Å². The Morgan fingerprint density at radius 2 is 2.26 bits per heavy atom. The van der Waals surface area contributed by atoms with E-state index in [0.717, 1.165) is 13.1 Å². The highest BCUT2D eigenvalue weighted by atomic mass is 16.5. The van der Waals surface area contributed by atoms with Gasteiger partial charge in [-0.2, -0.15) is 0 Å². The molecule has 0 radical (unpaired) electrons. The van der Waals surface area contributed by atoms with Gasteiger partial charge in [-0.3, -0.25) is 4.90 Å². The van der Waals surface area contributed by atoms with Crippen LogP contribution in [0.5, 0.6) is 0 Å². The molecule has 1 aliphatic rings. The quantitative estimate of drug-likeness (QED) is 0.701. The second-order valence-corrected chi connectivity index (χ2v) is 5.78. The molecule has 1 fully saturated rings. The van der Waals surface area contributed by atoms with Crippen LogP contribution in [-0.2, 0) is 4.74 Å². The highest BCUT2D eigenvalue weighted by Crippen LogP contribution is 2.15. The van der Waals surface area contributed by atoms with Crippen molar-refractivity contribution in [1.29, 1.82) is 0 Å². The van der Waals surface area contributed by atoms with Crippen molar-refractivity contribution >= 4 is 17.7 Å². The maximum absolute atomic E-state index is 11.9. The smallest absolute Gasteiger partial charge is 0.354 e. The number of carbonyl (C=O) groups excluding carboxylic acids is 2. The van der Waals surface area contributed by atoms with Gasteiger partial charge in [0.05, 0.1) is 12.3 Å². The Balaban J connectivity index is 1.71. The molecule has 7 nitrogen and oxygen atoms in total. The zero-order valence-corrected chi connectivity index (χ0v) is 13.9. The van der Waals surface area contributed by atoms with Gasteiger partial charge in [-0.05, 0) is 39.3 Å². The number of anilines is 1. The number of nitrogens with one attached hydrogen (secondary N) is 3. The number of aromatic nitrogens is 1. The number of carbonyl (C=O) groups is 2. The molecule has 23 heavy (non-hydrogen) atoms. The molecule has 1 aliphatic heterocycles. The lowest BCUT2D eigenvalue weighted by Gasteiger charge is -2.33. The maximum Gasteiger partial charge on any atom is 0.354 e. The molecule has 2 heterocycles. The second-order valence-electron chi connectivity index (χ2n) is 5.78. The monoisotopic (exact) mass is 322 g/mol. The normalized spacial score (nSPS) is 18.4. The molecule has 0 spiro atoms. The summed E-state index contributed by atoms with van der Waals surface area (Å²) in [5, 5.41) is 5.54. The van der Waals surface area contributed by atoms with Gasteiger partial charge in [-0.25, -0.2) is 9.59 Å². The number of rotatable bonds is 6. The van der Waals surface area contributed by atoms with E-state index in [1.54, 1.807) is 19.2 Å². The topological polar surface area (TPSA) is 86.5 Å². The van der Waals surface area contributed by atoms with Crippen LogP contribution in [0.25, 0.3) is 0 Å². The van der Waals surface area contributed by atoms with E-state index in [0.29, 0.717) is 30.6 Å². The summed E-state index contributed by atoms with van der Waals surface area (Å²) in [6, 6.07) is 1.87. The molecule has 0 unspecified atom stereocenters. The summed E-state index contributed by atoms with van der Waals surface area (Å²) in [5.41, 5.74) is 0.862. The van der Waals surface area contributed by atoms with Gasteiger partial charge in [-0.1, -0.05) is 6.42 Å². The van der Waals surface area contributed by atoms with Gasteiger partial charge in [-0.15, -0.1) is 0 Å². The number of esters is 1. The molecule has 2 amide bonds. The van der Waals surface area contributed by atoms with Crippen LogP contribution in [0, 0.1) is 0 Å². The molecule has 0 aliphatic carbocycles. The van der Waals surface area contributed by atoms with E-state index < -0.39 is 5.97 Å². The highest BCUT2D eigenvalue weighted by Gasteiger charge is 2.17. The number of hydrogen-bond donors (Lipinski definition) is 3.